The van der Waals surface area contributed by atoms with Gasteiger partial charge in [-0.25, -0.2) is 9.78 Å². The molecule has 0 radical (unpaired) electrons. The van der Waals surface area contributed by atoms with Crippen molar-refractivity contribution in [1.82, 2.24) is 9.97 Å². The van der Waals surface area contributed by atoms with E-state index in [-0.39, 0.29) is 11.7 Å². The average molecular weight is 287 g/mol. The minimum atomic E-state index is -0.964. The summed E-state index contributed by atoms with van der Waals surface area (Å²) in [5.74, 6) is -0.143. The van der Waals surface area contributed by atoms with Crippen LogP contribution in [0, 0.1) is 6.92 Å². The molecule has 0 fully saturated rings. The van der Waals surface area contributed by atoms with E-state index >= 15 is 0 Å². The molecule has 21 heavy (non-hydrogen) atoms. The van der Waals surface area contributed by atoms with Crippen molar-refractivity contribution in [3.05, 3.63) is 41.6 Å². The van der Waals surface area contributed by atoms with Crippen LogP contribution in [0.2, 0.25) is 0 Å². The number of carboxylic acids is 1. The first-order valence-corrected chi connectivity index (χ1v) is 6.56. The zero-order valence-corrected chi connectivity index (χ0v) is 12.1. The van der Waals surface area contributed by atoms with Crippen LogP contribution in [0.25, 0.3) is 0 Å². The monoisotopic (exact) mass is 287 g/mol. The first-order chi connectivity index (χ1) is 9.95. The Bertz CT molecular complexity index is 656. The quantitative estimate of drug-likeness (QED) is 0.879. The summed E-state index contributed by atoms with van der Waals surface area (Å²) < 4.78 is 5.49. The Morgan fingerprint density at radius 1 is 1.33 bits per heavy atom. The first-order valence-electron chi connectivity index (χ1n) is 6.56. The highest BCUT2D eigenvalue weighted by Gasteiger charge is 2.09. The lowest BCUT2D eigenvalue weighted by Gasteiger charge is -2.11. The Morgan fingerprint density at radius 2 is 2.10 bits per heavy atom. The van der Waals surface area contributed by atoms with Gasteiger partial charge in [0.15, 0.2) is 0 Å². The molecule has 2 N–H and O–H groups in total. The van der Waals surface area contributed by atoms with Gasteiger partial charge in [-0.1, -0.05) is 6.07 Å². The highest BCUT2D eigenvalue weighted by molar-refractivity contribution is 5.90. The van der Waals surface area contributed by atoms with Gasteiger partial charge in [0, 0.05) is 18.0 Å². The van der Waals surface area contributed by atoms with Crippen molar-refractivity contribution in [3.8, 4) is 5.88 Å². The average Bonchev–Trinajstić information content (AvgIpc) is 2.40. The second kappa shape index (κ2) is 6.21. The van der Waals surface area contributed by atoms with Crippen LogP contribution in [-0.4, -0.2) is 27.1 Å². The van der Waals surface area contributed by atoms with Crippen LogP contribution in [0.15, 0.2) is 30.5 Å². The van der Waals surface area contributed by atoms with Crippen LogP contribution in [0.1, 0.15) is 29.8 Å². The zero-order valence-electron chi connectivity index (χ0n) is 12.1. The molecule has 0 unspecified atom stereocenters. The number of nitrogens with one attached hydrogen (secondary N) is 1. The smallest absolute Gasteiger partial charge is 0.336 e. The number of carbonyl (C=O) groups is 1. The number of ether oxygens (including phenoxy) is 1. The number of carboxylic acid groups (broad SMARTS) is 1. The Balaban J connectivity index is 2.22. The first kappa shape index (κ1) is 14.8. The number of hydrogen-bond donors (Lipinski definition) is 2. The van der Waals surface area contributed by atoms with Gasteiger partial charge < -0.3 is 15.2 Å². The van der Waals surface area contributed by atoms with Crippen molar-refractivity contribution in [2.75, 3.05) is 5.32 Å². The fourth-order valence-electron chi connectivity index (χ4n) is 1.77. The molecular formula is C15H17N3O3. The summed E-state index contributed by atoms with van der Waals surface area (Å²) in [5.41, 5.74) is 1.56. The van der Waals surface area contributed by atoms with Gasteiger partial charge in [-0.3, -0.25) is 0 Å². The number of rotatable bonds is 5. The van der Waals surface area contributed by atoms with E-state index in [1.54, 1.807) is 37.4 Å². The molecule has 0 aliphatic carbocycles. The number of aryl methyl sites for hydroxylation is 1. The van der Waals surface area contributed by atoms with Crippen LogP contribution >= 0.6 is 0 Å². The van der Waals surface area contributed by atoms with Crippen molar-refractivity contribution < 1.29 is 14.6 Å². The van der Waals surface area contributed by atoms with Crippen LogP contribution in [0.3, 0.4) is 0 Å². The molecule has 1 heterocycles. The van der Waals surface area contributed by atoms with Crippen molar-refractivity contribution >= 4 is 17.6 Å². The van der Waals surface area contributed by atoms with Crippen molar-refractivity contribution in [1.29, 1.82) is 0 Å². The molecule has 0 amide bonds. The minimum absolute atomic E-state index is 0.0192. The van der Waals surface area contributed by atoms with Gasteiger partial charge in [-0.2, -0.15) is 4.98 Å². The SMILES string of the molecule is Cc1ccc(Nc2nccc(OC(C)C)n2)cc1C(=O)O. The lowest BCUT2D eigenvalue weighted by atomic mass is 10.1. The van der Waals surface area contributed by atoms with E-state index in [9.17, 15) is 4.79 Å². The Morgan fingerprint density at radius 3 is 2.76 bits per heavy atom. The summed E-state index contributed by atoms with van der Waals surface area (Å²) in [6, 6.07) is 6.74. The van der Waals surface area contributed by atoms with Crippen LogP contribution in [0.4, 0.5) is 11.6 Å². The molecule has 1 aromatic carbocycles. The van der Waals surface area contributed by atoms with Gasteiger partial charge in [0.2, 0.25) is 11.8 Å². The molecule has 2 rings (SSSR count). The van der Waals surface area contributed by atoms with Gasteiger partial charge >= 0.3 is 5.97 Å². The fraction of sp³-hybridized carbons (Fsp3) is 0.267. The van der Waals surface area contributed by atoms with E-state index in [0.717, 1.165) is 0 Å². The van der Waals surface area contributed by atoms with Crippen LogP contribution < -0.4 is 10.1 Å². The fourth-order valence-corrected chi connectivity index (χ4v) is 1.77. The summed E-state index contributed by atoms with van der Waals surface area (Å²) in [6.07, 6.45) is 1.60. The lowest BCUT2D eigenvalue weighted by molar-refractivity contribution is 0.0696. The van der Waals surface area contributed by atoms with Gasteiger partial charge in [0.25, 0.3) is 0 Å². The number of nitrogens with zero attached hydrogens (tertiary/aromatic N) is 2. The third-order valence-electron chi connectivity index (χ3n) is 2.71. The van der Waals surface area contributed by atoms with E-state index in [4.69, 9.17) is 9.84 Å². The minimum Gasteiger partial charge on any atom is -0.478 e. The van der Waals surface area contributed by atoms with E-state index in [1.807, 2.05) is 13.8 Å². The second-order valence-corrected chi connectivity index (χ2v) is 4.84. The number of aromatic nitrogens is 2. The topological polar surface area (TPSA) is 84.3 Å². The molecule has 0 aliphatic heterocycles. The maximum atomic E-state index is 11.1. The third kappa shape index (κ3) is 3.92. The van der Waals surface area contributed by atoms with Crippen molar-refractivity contribution in [2.45, 2.75) is 26.9 Å². The summed E-state index contributed by atoms with van der Waals surface area (Å²) in [5, 5.41) is 12.1. The Kier molecular flexibility index (Phi) is 4.37. The molecular weight excluding hydrogens is 270 g/mol. The maximum absolute atomic E-state index is 11.1. The van der Waals surface area contributed by atoms with E-state index in [0.29, 0.717) is 23.1 Å². The van der Waals surface area contributed by atoms with Gasteiger partial charge in [0.05, 0.1) is 11.7 Å². The van der Waals surface area contributed by atoms with Crippen LogP contribution in [0.5, 0.6) is 5.88 Å². The summed E-state index contributed by atoms with van der Waals surface area (Å²) in [4.78, 5) is 19.4. The lowest BCUT2D eigenvalue weighted by Crippen LogP contribution is -2.08. The number of aromatic carboxylic acids is 1. The highest BCUT2D eigenvalue weighted by Crippen LogP contribution is 2.19. The normalized spacial score (nSPS) is 10.5. The number of benzene rings is 1. The molecule has 0 bridgehead atoms. The third-order valence-corrected chi connectivity index (χ3v) is 2.71. The van der Waals surface area contributed by atoms with Crippen molar-refractivity contribution in [2.24, 2.45) is 0 Å². The molecule has 6 nitrogen and oxygen atoms in total. The maximum Gasteiger partial charge on any atom is 0.336 e. The van der Waals surface area contributed by atoms with Gasteiger partial charge in [-0.15, -0.1) is 0 Å². The Labute approximate surface area is 122 Å². The molecule has 0 saturated heterocycles. The molecule has 0 aliphatic rings. The van der Waals surface area contributed by atoms with Crippen molar-refractivity contribution in [3.63, 3.8) is 0 Å². The molecule has 0 saturated carbocycles. The zero-order chi connectivity index (χ0) is 15.4. The Hall–Kier alpha value is -2.63. The summed E-state index contributed by atoms with van der Waals surface area (Å²) in [7, 11) is 0. The molecule has 1 aromatic heterocycles. The summed E-state index contributed by atoms with van der Waals surface area (Å²) >= 11 is 0. The molecule has 0 atom stereocenters. The highest BCUT2D eigenvalue weighted by atomic mass is 16.5. The molecule has 0 spiro atoms. The van der Waals surface area contributed by atoms with Gasteiger partial charge in [-0.05, 0) is 38.5 Å². The second-order valence-electron chi connectivity index (χ2n) is 4.84. The molecule has 2 aromatic rings. The standard InChI is InChI=1S/C15H17N3O3/c1-9(2)21-13-6-7-16-15(18-13)17-11-5-4-10(3)12(8-11)14(19)20/h4-9H,1-3H3,(H,19,20)(H,16,17,18). The van der Waals surface area contributed by atoms with Gasteiger partial charge in [0.1, 0.15) is 0 Å². The molecule has 6 heteroatoms. The summed E-state index contributed by atoms with van der Waals surface area (Å²) in [6.45, 7) is 5.57. The van der Waals surface area contributed by atoms with Crippen LogP contribution in [-0.2, 0) is 0 Å². The van der Waals surface area contributed by atoms with E-state index in [2.05, 4.69) is 15.3 Å². The number of hydrogen-bond acceptors (Lipinski definition) is 5. The van der Waals surface area contributed by atoms with E-state index in [1.165, 1.54) is 0 Å². The van der Waals surface area contributed by atoms with E-state index < -0.39 is 5.97 Å². The predicted molar refractivity (Wildman–Crippen MR) is 79.2 cm³/mol. The largest absolute Gasteiger partial charge is 0.478 e. The molecule has 110 valence electrons. The number of anilines is 2. The predicted octanol–water partition coefficient (Wildman–Crippen LogP) is 3.01.